The number of carbonyl (C=O) groups is 1. The van der Waals surface area contributed by atoms with Crippen LogP contribution < -0.4 is 0 Å². The summed E-state index contributed by atoms with van der Waals surface area (Å²) in [6.45, 7) is 7.88. The zero-order valence-electron chi connectivity index (χ0n) is 17.4. The van der Waals surface area contributed by atoms with Crippen LogP contribution in [0.4, 0.5) is 0 Å². The van der Waals surface area contributed by atoms with Crippen molar-refractivity contribution in [1.29, 1.82) is 0 Å². The normalized spacial score (nSPS) is 23.7. The Morgan fingerprint density at radius 2 is 2.00 bits per heavy atom. The van der Waals surface area contributed by atoms with Gasteiger partial charge in [-0.25, -0.2) is 4.98 Å². The summed E-state index contributed by atoms with van der Waals surface area (Å²) in [5, 5.41) is 7.55. The first-order chi connectivity index (χ1) is 14.5. The van der Waals surface area contributed by atoms with Crippen LogP contribution in [0.5, 0.6) is 0 Å². The Balaban J connectivity index is 1.42. The first kappa shape index (κ1) is 18.9. The molecule has 3 aromatic rings. The highest BCUT2D eigenvalue weighted by Gasteiger charge is 2.56. The van der Waals surface area contributed by atoms with Crippen molar-refractivity contribution in [3.63, 3.8) is 0 Å². The number of aryl methyl sites for hydroxylation is 2. The van der Waals surface area contributed by atoms with E-state index in [-0.39, 0.29) is 11.3 Å². The lowest BCUT2D eigenvalue weighted by molar-refractivity contribution is 0.0768. The van der Waals surface area contributed by atoms with Crippen molar-refractivity contribution in [2.24, 2.45) is 5.92 Å². The second-order valence-corrected chi connectivity index (χ2v) is 8.62. The maximum Gasteiger partial charge on any atom is 0.254 e. The Kier molecular flexibility index (Phi) is 4.62. The number of hydrogen-bond donors (Lipinski definition) is 1. The molecule has 4 heterocycles. The molecule has 0 bridgehead atoms. The fraction of sp³-hybridized carbons (Fsp3) is 0.391. The standard InChI is InChI=1S/C23H26N6O/c1-16-10-19(8-9-24-16)21(30)29-13-20-12-28(11-18-6-4-3-5-7-18)14-23(20,15-29)22-25-17(2)26-27-22/h3-10,20H,11-15H2,1-2H3,(H,25,26,27)/t20-,23-/m0/s1. The molecule has 2 saturated heterocycles. The van der Waals surface area contributed by atoms with E-state index < -0.39 is 0 Å². The van der Waals surface area contributed by atoms with E-state index in [0.29, 0.717) is 18.0 Å². The molecule has 0 radical (unpaired) electrons. The molecule has 7 nitrogen and oxygen atoms in total. The molecule has 2 aliphatic heterocycles. The third-order valence-corrected chi connectivity index (χ3v) is 6.40. The van der Waals surface area contributed by atoms with E-state index in [2.05, 4.69) is 44.3 Å². The summed E-state index contributed by atoms with van der Waals surface area (Å²) in [6, 6.07) is 14.2. The van der Waals surface area contributed by atoms with E-state index in [1.54, 1.807) is 12.3 Å². The molecular formula is C23H26N6O. The Morgan fingerprint density at radius 1 is 1.17 bits per heavy atom. The van der Waals surface area contributed by atoms with Gasteiger partial charge in [-0.1, -0.05) is 30.3 Å². The predicted molar refractivity (Wildman–Crippen MR) is 113 cm³/mol. The van der Waals surface area contributed by atoms with Crippen LogP contribution in [0.15, 0.2) is 48.7 Å². The van der Waals surface area contributed by atoms with Gasteiger partial charge in [0.1, 0.15) is 5.82 Å². The molecule has 1 N–H and O–H groups in total. The first-order valence-electron chi connectivity index (χ1n) is 10.4. The highest BCUT2D eigenvalue weighted by Crippen LogP contribution is 2.44. The number of amides is 1. The lowest BCUT2D eigenvalue weighted by Gasteiger charge is -2.27. The minimum atomic E-state index is -0.239. The molecule has 0 aliphatic carbocycles. The molecule has 30 heavy (non-hydrogen) atoms. The number of carbonyl (C=O) groups excluding carboxylic acids is 1. The Bertz CT molecular complexity index is 1060. The summed E-state index contributed by atoms with van der Waals surface area (Å²) in [6.07, 6.45) is 1.70. The van der Waals surface area contributed by atoms with Crippen molar-refractivity contribution in [1.82, 2.24) is 30.0 Å². The van der Waals surface area contributed by atoms with Crippen LogP contribution in [0.3, 0.4) is 0 Å². The van der Waals surface area contributed by atoms with Crippen molar-refractivity contribution in [3.8, 4) is 0 Å². The van der Waals surface area contributed by atoms with E-state index in [1.165, 1.54) is 5.56 Å². The average molecular weight is 403 g/mol. The molecule has 0 spiro atoms. The van der Waals surface area contributed by atoms with Crippen LogP contribution in [0.1, 0.15) is 33.3 Å². The number of rotatable bonds is 4. The minimum Gasteiger partial charge on any atom is -0.337 e. The smallest absolute Gasteiger partial charge is 0.254 e. The van der Waals surface area contributed by atoms with Gasteiger partial charge >= 0.3 is 0 Å². The number of hydrogen-bond acceptors (Lipinski definition) is 5. The Hall–Kier alpha value is -3.06. The lowest BCUT2D eigenvalue weighted by atomic mass is 9.80. The van der Waals surface area contributed by atoms with Crippen molar-refractivity contribution in [3.05, 3.63) is 77.1 Å². The SMILES string of the molecule is Cc1cc(C(=O)N2C[C@@H]3CN(Cc4ccccc4)C[C@]3(c3n[nH]c(C)n3)C2)ccn1. The monoisotopic (exact) mass is 402 g/mol. The van der Waals surface area contributed by atoms with Gasteiger partial charge in [0, 0.05) is 56.1 Å². The van der Waals surface area contributed by atoms with Crippen molar-refractivity contribution in [2.75, 3.05) is 26.2 Å². The second-order valence-electron chi connectivity index (χ2n) is 8.62. The predicted octanol–water partition coefficient (Wildman–Crippen LogP) is 2.34. The molecule has 0 unspecified atom stereocenters. The van der Waals surface area contributed by atoms with E-state index in [4.69, 9.17) is 4.98 Å². The maximum atomic E-state index is 13.2. The topological polar surface area (TPSA) is 78.0 Å². The van der Waals surface area contributed by atoms with Gasteiger partial charge in [-0.2, -0.15) is 5.10 Å². The Labute approximate surface area is 176 Å². The van der Waals surface area contributed by atoms with Gasteiger partial charge in [0.25, 0.3) is 5.91 Å². The van der Waals surface area contributed by atoms with Crippen LogP contribution in [0.2, 0.25) is 0 Å². The number of nitrogens with one attached hydrogen (secondary N) is 1. The van der Waals surface area contributed by atoms with Crippen LogP contribution in [-0.4, -0.2) is 62.1 Å². The molecule has 2 atom stereocenters. The molecular weight excluding hydrogens is 376 g/mol. The van der Waals surface area contributed by atoms with E-state index in [0.717, 1.165) is 43.5 Å². The van der Waals surface area contributed by atoms with Crippen molar-refractivity contribution < 1.29 is 4.79 Å². The Morgan fingerprint density at radius 3 is 2.73 bits per heavy atom. The summed E-state index contributed by atoms with van der Waals surface area (Å²) in [4.78, 5) is 26.6. The first-order valence-corrected chi connectivity index (χ1v) is 10.4. The number of benzene rings is 1. The quantitative estimate of drug-likeness (QED) is 0.725. The zero-order valence-corrected chi connectivity index (χ0v) is 17.4. The number of aromatic amines is 1. The molecule has 7 heteroatoms. The number of H-pyrrole nitrogens is 1. The van der Waals surface area contributed by atoms with Gasteiger partial charge in [-0.3, -0.25) is 19.8 Å². The lowest BCUT2D eigenvalue weighted by Crippen LogP contribution is -2.40. The molecule has 1 amide bonds. The third kappa shape index (κ3) is 3.29. The number of aromatic nitrogens is 4. The number of nitrogens with zero attached hydrogens (tertiary/aromatic N) is 5. The molecule has 5 rings (SSSR count). The van der Waals surface area contributed by atoms with E-state index in [1.807, 2.05) is 30.9 Å². The fourth-order valence-electron chi connectivity index (χ4n) is 5.03. The number of pyridine rings is 1. The molecule has 2 fully saturated rings. The van der Waals surface area contributed by atoms with Crippen LogP contribution in [-0.2, 0) is 12.0 Å². The fourth-order valence-corrected chi connectivity index (χ4v) is 5.03. The van der Waals surface area contributed by atoms with Gasteiger partial charge in [0.2, 0.25) is 0 Å². The van der Waals surface area contributed by atoms with E-state index >= 15 is 0 Å². The second kappa shape index (κ2) is 7.32. The largest absolute Gasteiger partial charge is 0.337 e. The summed E-state index contributed by atoms with van der Waals surface area (Å²) < 4.78 is 0. The highest BCUT2D eigenvalue weighted by atomic mass is 16.2. The maximum absolute atomic E-state index is 13.2. The third-order valence-electron chi connectivity index (χ3n) is 6.40. The van der Waals surface area contributed by atoms with Crippen LogP contribution in [0.25, 0.3) is 0 Å². The minimum absolute atomic E-state index is 0.0659. The van der Waals surface area contributed by atoms with Gasteiger partial charge in [-0.15, -0.1) is 0 Å². The molecule has 1 aromatic carbocycles. The summed E-state index contributed by atoms with van der Waals surface area (Å²) in [5.41, 5.74) is 2.62. The molecule has 0 saturated carbocycles. The van der Waals surface area contributed by atoms with Gasteiger partial charge in [-0.05, 0) is 31.5 Å². The van der Waals surface area contributed by atoms with Gasteiger partial charge in [0.05, 0.1) is 5.41 Å². The number of likely N-dealkylation sites (tertiary alicyclic amines) is 2. The van der Waals surface area contributed by atoms with Gasteiger partial charge in [0.15, 0.2) is 5.82 Å². The van der Waals surface area contributed by atoms with E-state index in [9.17, 15) is 4.79 Å². The van der Waals surface area contributed by atoms with Crippen molar-refractivity contribution in [2.45, 2.75) is 25.8 Å². The average Bonchev–Trinajstić information content (AvgIpc) is 3.41. The molecule has 2 aromatic heterocycles. The van der Waals surface area contributed by atoms with Crippen molar-refractivity contribution >= 4 is 5.91 Å². The summed E-state index contributed by atoms with van der Waals surface area (Å²) >= 11 is 0. The van der Waals surface area contributed by atoms with Gasteiger partial charge < -0.3 is 4.90 Å². The molecule has 2 aliphatic rings. The summed E-state index contributed by atoms with van der Waals surface area (Å²) in [5.74, 6) is 2.02. The highest BCUT2D eigenvalue weighted by molar-refractivity contribution is 5.94. The van der Waals surface area contributed by atoms with Crippen LogP contribution >= 0.6 is 0 Å². The van der Waals surface area contributed by atoms with Crippen LogP contribution in [0, 0.1) is 19.8 Å². The molecule has 154 valence electrons. The summed E-state index contributed by atoms with van der Waals surface area (Å²) in [7, 11) is 0. The number of fused-ring (bicyclic) bond motifs is 1. The zero-order chi connectivity index (χ0) is 20.7.